The number of halogens is 1. The van der Waals surface area contributed by atoms with Crippen molar-refractivity contribution < 1.29 is 4.79 Å². The van der Waals surface area contributed by atoms with Crippen molar-refractivity contribution in [1.29, 1.82) is 0 Å². The maximum absolute atomic E-state index is 12.5. The summed E-state index contributed by atoms with van der Waals surface area (Å²) in [5.74, 6) is 0.103. The number of nitrogens with one attached hydrogen (secondary N) is 2. The van der Waals surface area contributed by atoms with Crippen LogP contribution in [-0.2, 0) is 0 Å². The van der Waals surface area contributed by atoms with Gasteiger partial charge in [0.05, 0.1) is 0 Å². The summed E-state index contributed by atoms with van der Waals surface area (Å²) in [5.41, 5.74) is 4.01. The molecule has 0 radical (unpaired) electrons. The number of hydrogen-bond donors (Lipinski definition) is 2. The Morgan fingerprint density at radius 3 is 2.56 bits per heavy atom. The van der Waals surface area contributed by atoms with Crippen molar-refractivity contribution in [3.63, 3.8) is 0 Å². The first-order valence-electron chi connectivity index (χ1n) is 7.75. The lowest BCUT2D eigenvalue weighted by molar-refractivity contribution is 0.102. The van der Waals surface area contributed by atoms with Crippen molar-refractivity contribution in [1.82, 2.24) is 9.97 Å². The van der Waals surface area contributed by atoms with Crippen LogP contribution in [0.3, 0.4) is 0 Å². The van der Waals surface area contributed by atoms with Gasteiger partial charge in [-0.1, -0.05) is 28.1 Å². The van der Waals surface area contributed by atoms with Gasteiger partial charge in [0.15, 0.2) is 0 Å². The fourth-order valence-electron chi connectivity index (χ4n) is 2.26. The van der Waals surface area contributed by atoms with Crippen molar-refractivity contribution in [2.75, 3.05) is 10.6 Å². The molecular weight excluding hydrogens is 380 g/mol. The van der Waals surface area contributed by atoms with Crippen molar-refractivity contribution >= 4 is 39.2 Å². The molecule has 0 bridgehead atoms. The van der Waals surface area contributed by atoms with Crippen molar-refractivity contribution in [3.8, 4) is 0 Å². The number of aryl methyl sites for hydroxylation is 2. The highest BCUT2D eigenvalue weighted by atomic mass is 79.9. The molecule has 0 spiro atoms. The lowest BCUT2D eigenvalue weighted by Crippen LogP contribution is -2.15. The Morgan fingerprint density at radius 2 is 1.80 bits per heavy atom. The maximum Gasteiger partial charge on any atom is 0.274 e. The number of hydrogen-bond acceptors (Lipinski definition) is 4. The monoisotopic (exact) mass is 396 g/mol. The molecule has 6 heteroatoms. The Bertz CT molecular complexity index is 910. The summed E-state index contributed by atoms with van der Waals surface area (Å²) in [6.07, 6.45) is 1.56. The smallest absolute Gasteiger partial charge is 0.274 e. The minimum Gasteiger partial charge on any atom is -0.324 e. The van der Waals surface area contributed by atoms with Crippen LogP contribution in [0.25, 0.3) is 0 Å². The molecule has 5 nitrogen and oxygen atoms in total. The molecule has 25 heavy (non-hydrogen) atoms. The highest BCUT2D eigenvalue weighted by molar-refractivity contribution is 9.10. The normalized spacial score (nSPS) is 10.4. The maximum atomic E-state index is 12.5. The van der Waals surface area contributed by atoms with Crippen LogP contribution in [0.4, 0.5) is 17.3 Å². The first-order chi connectivity index (χ1) is 12.0. The van der Waals surface area contributed by atoms with Crippen LogP contribution < -0.4 is 10.6 Å². The van der Waals surface area contributed by atoms with Gasteiger partial charge in [-0.15, -0.1) is 0 Å². The Balaban J connectivity index is 1.77. The molecule has 0 aliphatic carbocycles. The number of benzene rings is 2. The lowest BCUT2D eigenvalue weighted by atomic mass is 10.1. The SMILES string of the molecule is Cc1ccc(C)c(NC(=O)c2ccnc(Nc3ccc(Br)cc3)n2)c1. The van der Waals surface area contributed by atoms with Gasteiger partial charge in [0.1, 0.15) is 5.69 Å². The van der Waals surface area contributed by atoms with E-state index in [-0.39, 0.29) is 5.91 Å². The molecule has 1 aromatic heterocycles. The van der Waals surface area contributed by atoms with Crippen LogP contribution >= 0.6 is 15.9 Å². The quantitative estimate of drug-likeness (QED) is 0.661. The number of aromatic nitrogens is 2. The minimum absolute atomic E-state index is 0.269. The van der Waals surface area contributed by atoms with Gasteiger partial charge in [0, 0.05) is 22.0 Å². The second-order valence-corrected chi connectivity index (χ2v) is 6.59. The molecule has 0 aliphatic heterocycles. The van der Waals surface area contributed by atoms with Gasteiger partial charge in [-0.05, 0) is 61.4 Å². The molecule has 0 unspecified atom stereocenters. The van der Waals surface area contributed by atoms with E-state index in [1.54, 1.807) is 12.3 Å². The number of amides is 1. The molecule has 0 saturated carbocycles. The fourth-order valence-corrected chi connectivity index (χ4v) is 2.53. The van der Waals surface area contributed by atoms with E-state index in [4.69, 9.17) is 0 Å². The van der Waals surface area contributed by atoms with Gasteiger partial charge in [-0.2, -0.15) is 0 Å². The van der Waals surface area contributed by atoms with Crippen molar-refractivity contribution in [3.05, 3.63) is 76.0 Å². The minimum atomic E-state index is -0.269. The van der Waals surface area contributed by atoms with E-state index in [2.05, 4.69) is 36.5 Å². The molecule has 2 N–H and O–H groups in total. The fraction of sp³-hybridized carbons (Fsp3) is 0.105. The van der Waals surface area contributed by atoms with E-state index < -0.39 is 0 Å². The van der Waals surface area contributed by atoms with E-state index >= 15 is 0 Å². The summed E-state index contributed by atoms with van der Waals surface area (Å²) >= 11 is 3.39. The van der Waals surface area contributed by atoms with E-state index in [1.165, 1.54) is 0 Å². The molecular formula is C19H17BrN4O. The average molecular weight is 397 g/mol. The third kappa shape index (κ3) is 4.42. The summed E-state index contributed by atoms with van der Waals surface area (Å²) in [6.45, 7) is 3.94. The number of nitrogens with zero attached hydrogens (tertiary/aromatic N) is 2. The summed E-state index contributed by atoms with van der Waals surface area (Å²) in [7, 11) is 0. The molecule has 2 aromatic carbocycles. The van der Waals surface area contributed by atoms with Gasteiger partial charge < -0.3 is 10.6 Å². The second kappa shape index (κ2) is 7.44. The van der Waals surface area contributed by atoms with Crippen LogP contribution in [0.5, 0.6) is 0 Å². The van der Waals surface area contributed by atoms with Crippen molar-refractivity contribution in [2.45, 2.75) is 13.8 Å². The number of rotatable bonds is 4. The molecule has 0 aliphatic rings. The Kier molecular flexibility index (Phi) is 5.09. The molecule has 3 rings (SSSR count). The Hall–Kier alpha value is -2.73. The third-order valence-electron chi connectivity index (χ3n) is 3.63. The average Bonchev–Trinajstić information content (AvgIpc) is 2.60. The van der Waals surface area contributed by atoms with Gasteiger partial charge in [0.25, 0.3) is 5.91 Å². The summed E-state index contributed by atoms with van der Waals surface area (Å²) in [6, 6.07) is 15.1. The summed E-state index contributed by atoms with van der Waals surface area (Å²) < 4.78 is 0.987. The molecule has 1 amide bonds. The van der Waals surface area contributed by atoms with E-state index in [1.807, 2.05) is 56.3 Å². The zero-order chi connectivity index (χ0) is 17.8. The number of carbonyl (C=O) groups is 1. The number of anilines is 3. The molecule has 3 aromatic rings. The highest BCUT2D eigenvalue weighted by Gasteiger charge is 2.11. The van der Waals surface area contributed by atoms with Gasteiger partial charge >= 0.3 is 0 Å². The van der Waals surface area contributed by atoms with Crippen LogP contribution in [0, 0.1) is 13.8 Å². The first-order valence-corrected chi connectivity index (χ1v) is 8.55. The van der Waals surface area contributed by atoms with Crippen LogP contribution in [-0.4, -0.2) is 15.9 Å². The van der Waals surface area contributed by atoms with Crippen LogP contribution in [0.2, 0.25) is 0 Å². The van der Waals surface area contributed by atoms with E-state index in [0.29, 0.717) is 11.6 Å². The predicted molar refractivity (Wildman–Crippen MR) is 103 cm³/mol. The second-order valence-electron chi connectivity index (χ2n) is 5.67. The topological polar surface area (TPSA) is 66.9 Å². The zero-order valence-corrected chi connectivity index (χ0v) is 15.5. The number of carbonyl (C=O) groups excluding carboxylic acids is 1. The van der Waals surface area contributed by atoms with Crippen LogP contribution in [0.15, 0.2) is 59.2 Å². The Morgan fingerprint density at radius 1 is 1.04 bits per heavy atom. The van der Waals surface area contributed by atoms with Crippen molar-refractivity contribution in [2.24, 2.45) is 0 Å². The molecule has 1 heterocycles. The standard InChI is InChI=1S/C19H17BrN4O/c1-12-3-4-13(2)17(11-12)23-18(25)16-9-10-21-19(24-16)22-15-7-5-14(20)6-8-15/h3-11H,1-2H3,(H,23,25)(H,21,22,24). The largest absolute Gasteiger partial charge is 0.324 e. The molecule has 0 fully saturated rings. The lowest BCUT2D eigenvalue weighted by Gasteiger charge is -2.10. The van der Waals surface area contributed by atoms with Crippen LogP contribution in [0.1, 0.15) is 21.6 Å². The molecule has 0 saturated heterocycles. The van der Waals surface area contributed by atoms with E-state index in [0.717, 1.165) is 27.0 Å². The molecule has 0 atom stereocenters. The molecule has 126 valence electrons. The van der Waals surface area contributed by atoms with Gasteiger partial charge in [-0.3, -0.25) is 4.79 Å². The Labute approximate surface area is 154 Å². The van der Waals surface area contributed by atoms with Gasteiger partial charge in [0.2, 0.25) is 5.95 Å². The predicted octanol–water partition coefficient (Wildman–Crippen LogP) is 4.85. The highest BCUT2D eigenvalue weighted by Crippen LogP contribution is 2.19. The third-order valence-corrected chi connectivity index (χ3v) is 4.16. The summed E-state index contributed by atoms with van der Waals surface area (Å²) in [5, 5.41) is 5.99. The summed E-state index contributed by atoms with van der Waals surface area (Å²) in [4.78, 5) is 20.9. The van der Waals surface area contributed by atoms with E-state index in [9.17, 15) is 4.79 Å². The zero-order valence-electron chi connectivity index (χ0n) is 13.9. The first kappa shape index (κ1) is 17.1. The van der Waals surface area contributed by atoms with Gasteiger partial charge in [-0.25, -0.2) is 9.97 Å².